The zero-order valence-electron chi connectivity index (χ0n) is 19.0. The maximum atomic E-state index is 11.9. The smallest absolute Gasteiger partial charge is 0.229 e. The quantitative estimate of drug-likeness (QED) is 0.464. The first-order valence-electron chi connectivity index (χ1n) is 11.0. The molecule has 0 bridgehead atoms. The van der Waals surface area contributed by atoms with E-state index in [1.165, 1.54) is 6.08 Å². The van der Waals surface area contributed by atoms with Crippen LogP contribution in [0, 0.1) is 6.92 Å². The van der Waals surface area contributed by atoms with E-state index in [9.17, 15) is 4.79 Å². The summed E-state index contributed by atoms with van der Waals surface area (Å²) < 4.78 is 5.40. The van der Waals surface area contributed by atoms with Gasteiger partial charge in [0.05, 0.1) is 7.11 Å². The molecule has 1 saturated heterocycles. The third kappa shape index (κ3) is 5.46. The highest BCUT2D eigenvalue weighted by atomic mass is 16.5. The van der Waals surface area contributed by atoms with Crippen molar-refractivity contribution >= 4 is 34.7 Å². The molecular formula is C25H28N6O2. The number of pyridine rings is 1. The summed E-state index contributed by atoms with van der Waals surface area (Å²) in [5, 5.41) is 6.63. The molecule has 0 aliphatic carbocycles. The van der Waals surface area contributed by atoms with Crippen molar-refractivity contribution in [1.82, 2.24) is 15.0 Å². The van der Waals surface area contributed by atoms with Gasteiger partial charge in [0.25, 0.3) is 0 Å². The largest absolute Gasteiger partial charge is 0.481 e. The van der Waals surface area contributed by atoms with Crippen LogP contribution in [0.15, 0.2) is 55.3 Å². The number of anilines is 5. The predicted molar refractivity (Wildman–Crippen MR) is 131 cm³/mol. The van der Waals surface area contributed by atoms with Crippen LogP contribution in [0.2, 0.25) is 0 Å². The van der Waals surface area contributed by atoms with Gasteiger partial charge in [0, 0.05) is 54.8 Å². The monoisotopic (exact) mass is 444 g/mol. The average molecular weight is 445 g/mol. The molecule has 33 heavy (non-hydrogen) atoms. The maximum absolute atomic E-state index is 11.9. The third-order valence-electron chi connectivity index (χ3n) is 5.52. The first kappa shape index (κ1) is 22.3. The summed E-state index contributed by atoms with van der Waals surface area (Å²) in [5.41, 5.74) is 3.39. The van der Waals surface area contributed by atoms with E-state index in [4.69, 9.17) is 4.74 Å². The summed E-state index contributed by atoms with van der Waals surface area (Å²) in [7, 11) is 1.61. The minimum atomic E-state index is -0.0357. The first-order valence-corrected chi connectivity index (χ1v) is 11.0. The number of nitrogens with zero attached hydrogens (tertiary/aromatic N) is 4. The number of rotatable bonds is 9. The Bertz CT molecular complexity index is 1160. The first-order chi connectivity index (χ1) is 16.1. The average Bonchev–Trinajstić information content (AvgIpc) is 3.37. The van der Waals surface area contributed by atoms with Crippen molar-refractivity contribution in [2.24, 2.45) is 0 Å². The van der Waals surface area contributed by atoms with Crippen molar-refractivity contribution in [1.29, 1.82) is 0 Å². The van der Waals surface area contributed by atoms with Gasteiger partial charge in [-0.25, -0.2) is 4.98 Å². The van der Waals surface area contributed by atoms with E-state index in [-0.39, 0.29) is 12.2 Å². The number of hydrogen-bond donors (Lipinski definition) is 2. The second kappa shape index (κ2) is 10.1. The summed E-state index contributed by atoms with van der Waals surface area (Å²) in [4.78, 5) is 27.8. The number of nitrogens with one attached hydrogen (secondary N) is 2. The van der Waals surface area contributed by atoms with E-state index >= 15 is 0 Å². The lowest BCUT2D eigenvalue weighted by Crippen LogP contribution is -2.19. The second-order valence-corrected chi connectivity index (χ2v) is 7.93. The Morgan fingerprint density at radius 1 is 1.18 bits per heavy atom. The molecule has 0 unspecified atom stereocenters. The van der Waals surface area contributed by atoms with Gasteiger partial charge < -0.3 is 20.3 Å². The zero-order valence-corrected chi connectivity index (χ0v) is 19.0. The van der Waals surface area contributed by atoms with Gasteiger partial charge in [-0.1, -0.05) is 24.8 Å². The van der Waals surface area contributed by atoms with E-state index in [0.717, 1.165) is 54.3 Å². The standard InChI is InChI=1S/C25H28N6O2/c1-4-20(32)13-18-9-5-6-10-21(18)28-24-17(2)16-26-25(30-24)27-19-14-22(29-23(15-19)33-3)31-11-7-8-12-31/h4-6,9-10,14-16H,1,7-8,11-13H2,2-3H3,(H2,26,27,28,29,30). The van der Waals surface area contributed by atoms with Crippen LogP contribution >= 0.6 is 0 Å². The molecule has 0 radical (unpaired) electrons. The molecular weight excluding hydrogens is 416 g/mol. The number of benzene rings is 1. The molecule has 0 spiro atoms. The number of para-hydroxylation sites is 1. The van der Waals surface area contributed by atoms with Crippen LogP contribution in [0.1, 0.15) is 24.0 Å². The highest BCUT2D eigenvalue weighted by Gasteiger charge is 2.16. The van der Waals surface area contributed by atoms with Crippen LogP contribution in [0.4, 0.5) is 29.0 Å². The summed E-state index contributed by atoms with van der Waals surface area (Å²) >= 11 is 0. The SMILES string of the molecule is C=CC(=O)Cc1ccccc1Nc1nc(Nc2cc(OC)nc(N3CCCC3)c2)ncc1C. The number of carbonyl (C=O) groups is 1. The molecule has 0 amide bonds. The lowest BCUT2D eigenvalue weighted by atomic mass is 10.1. The van der Waals surface area contributed by atoms with Crippen molar-refractivity contribution in [3.63, 3.8) is 0 Å². The minimum absolute atomic E-state index is 0.0357. The predicted octanol–water partition coefficient (Wildman–Crippen LogP) is 4.57. The van der Waals surface area contributed by atoms with Crippen LogP contribution in [0.25, 0.3) is 0 Å². The zero-order chi connectivity index (χ0) is 23.2. The van der Waals surface area contributed by atoms with Gasteiger partial charge >= 0.3 is 0 Å². The van der Waals surface area contributed by atoms with Gasteiger partial charge in [0.15, 0.2) is 5.78 Å². The van der Waals surface area contributed by atoms with Gasteiger partial charge in [0.2, 0.25) is 11.8 Å². The van der Waals surface area contributed by atoms with Crippen LogP contribution in [-0.4, -0.2) is 40.9 Å². The Morgan fingerprint density at radius 3 is 2.73 bits per heavy atom. The molecule has 1 fully saturated rings. The fraction of sp³-hybridized carbons (Fsp3) is 0.280. The van der Waals surface area contributed by atoms with Crippen LogP contribution in [0.5, 0.6) is 5.88 Å². The number of hydrogen-bond acceptors (Lipinski definition) is 8. The van der Waals surface area contributed by atoms with Crippen LogP contribution in [-0.2, 0) is 11.2 Å². The number of ketones is 1. The number of aromatic nitrogens is 3. The molecule has 170 valence electrons. The Hall–Kier alpha value is -3.94. The molecule has 1 aliphatic rings. The molecule has 1 aliphatic heterocycles. The normalized spacial score (nSPS) is 13.0. The Balaban J connectivity index is 1.58. The number of methoxy groups -OCH3 is 1. The van der Waals surface area contributed by atoms with Crippen molar-refractivity contribution in [3.8, 4) is 5.88 Å². The Kier molecular flexibility index (Phi) is 6.83. The van der Waals surface area contributed by atoms with Crippen molar-refractivity contribution in [2.45, 2.75) is 26.2 Å². The molecule has 3 heterocycles. The number of allylic oxidation sites excluding steroid dienone is 1. The fourth-order valence-electron chi connectivity index (χ4n) is 3.72. The number of aryl methyl sites for hydroxylation is 1. The van der Waals surface area contributed by atoms with Crippen molar-refractivity contribution in [3.05, 3.63) is 66.4 Å². The molecule has 2 N–H and O–H groups in total. The summed E-state index contributed by atoms with van der Waals surface area (Å²) in [6.45, 7) is 7.48. The number of ether oxygens (including phenoxy) is 1. The summed E-state index contributed by atoms with van der Waals surface area (Å²) in [6.07, 6.45) is 5.70. The summed E-state index contributed by atoms with van der Waals surface area (Å²) in [5.74, 6) is 2.48. The van der Waals surface area contributed by atoms with E-state index in [0.29, 0.717) is 17.6 Å². The summed E-state index contributed by atoms with van der Waals surface area (Å²) in [6, 6.07) is 11.5. The second-order valence-electron chi connectivity index (χ2n) is 7.93. The molecule has 3 aromatic rings. The maximum Gasteiger partial charge on any atom is 0.229 e. The van der Waals surface area contributed by atoms with Crippen molar-refractivity contribution in [2.75, 3.05) is 35.7 Å². The van der Waals surface area contributed by atoms with E-state index in [2.05, 4.69) is 37.1 Å². The van der Waals surface area contributed by atoms with E-state index in [1.807, 2.05) is 43.3 Å². The third-order valence-corrected chi connectivity index (χ3v) is 5.52. The lowest BCUT2D eigenvalue weighted by Gasteiger charge is -2.18. The van der Waals surface area contributed by atoms with Gasteiger partial charge in [-0.3, -0.25) is 4.79 Å². The molecule has 0 saturated carbocycles. The molecule has 2 aromatic heterocycles. The van der Waals surface area contributed by atoms with Gasteiger partial charge in [-0.15, -0.1) is 0 Å². The minimum Gasteiger partial charge on any atom is -0.481 e. The molecule has 8 nitrogen and oxygen atoms in total. The van der Waals surface area contributed by atoms with Crippen molar-refractivity contribution < 1.29 is 9.53 Å². The van der Waals surface area contributed by atoms with Crippen LogP contribution in [0.3, 0.4) is 0 Å². The lowest BCUT2D eigenvalue weighted by molar-refractivity contribution is -0.114. The molecule has 4 rings (SSSR count). The van der Waals surface area contributed by atoms with Gasteiger partial charge in [-0.05, 0) is 37.5 Å². The Labute approximate surface area is 193 Å². The highest BCUT2D eigenvalue weighted by Crippen LogP contribution is 2.28. The number of carbonyl (C=O) groups excluding carboxylic acids is 1. The van der Waals surface area contributed by atoms with E-state index in [1.54, 1.807) is 13.3 Å². The van der Waals surface area contributed by atoms with Gasteiger partial charge in [0.1, 0.15) is 11.6 Å². The van der Waals surface area contributed by atoms with Gasteiger partial charge in [-0.2, -0.15) is 9.97 Å². The van der Waals surface area contributed by atoms with E-state index < -0.39 is 0 Å². The Morgan fingerprint density at radius 2 is 1.97 bits per heavy atom. The highest BCUT2D eigenvalue weighted by molar-refractivity contribution is 5.92. The molecule has 8 heteroatoms. The van der Waals surface area contributed by atoms with Crippen LogP contribution < -0.4 is 20.3 Å². The fourth-order valence-corrected chi connectivity index (χ4v) is 3.72. The molecule has 1 aromatic carbocycles. The molecule has 0 atom stereocenters. The topological polar surface area (TPSA) is 92.3 Å².